The van der Waals surface area contributed by atoms with Gasteiger partial charge in [0.2, 0.25) is 5.89 Å². The van der Waals surface area contributed by atoms with E-state index in [0.717, 1.165) is 31.7 Å². The molecule has 1 aliphatic rings. The molecule has 1 saturated carbocycles. The molecule has 2 aromatic rings. The molecule has 126 valence electrons. The molecule has 9 nitrogen and oxygen atoms in total. The first-order valence-corrected chi connectivity index (χ1v) is 7.69. The number of rotatable bonds is 4. The molecule has 1 amide bonds. The van der Waals surface area contributed by atoms with Crippen LogP contribution in [0, 0.1) is 6.92 Å². The van der Waals surface area contributed by atoms with Crippen molar-refractivity contribution in [3.63, 3.8) is 0 Å². The second-order valence-corrected chi connectivity index (χ2v) is 5.83. The quantitative estimate of drug-likeness (QED) is 0.860. The summed E-state index contributed by atoms with van der Waals surface area (Å²) in [6, 6.07) is 0. The lowest BCUT2D eigenvalue weighted by molar-refractivity contribution is 0.0688. The summed E-state index contributed by atoms with van der Waals surface area (Å²) in [7, 11) is 0. The van der Waals surface area contributed by atoms with Gasteiger partial charge in [-0.3, -0.25) is 4.79 Å². The second-order valence-electron chi connectivity index (χ2n) is 5.83. The lowest BCUT2D eigenvalue weighted by Crippen LogP contribution is -2.48. The fourth-order valence-electron chi connectivity index (χ4n) is 2.89. The molecule has 9 heteroatoms. The zero-order valence-electron chi connectivity index (χ0n) is 13.2. The zero-order valence-corrected chi connectivity index (χ0v) is 13.2. The fraction of sp³-hybridized carbons (Fsp3) is 0.467. The standard InChI is InChI=1S/C15H17N5O4/c1-9-18-14(20-24-9)15(5-3-2-4-6-15)19-12(21)10-7-17-11(8-16-10)13(22)23/h7-8H,2-6H2,1H3,(H,19,21)(H,22,23). The van der Waals surface area contributed by atoms with Crippen LogP contribution in [0.3, 0.4) is 0 Å². The number of carbonyl (C=O) groups excluding carboxylic acids is 1. The van der Waals surface area contributed by atoms with Gasteiger partial charge in [-0.25, -0.2) is 14.8 Å². The van der Waals surface area contributed by atoms with Crippen LogP contribution in [0.15, 0.2) is 16.9 Å². The van der Waals surface area contributed by atoms with Crippen LogP contribution in [0.2, 0.25) is 0 Å². The SMILES string of the molecule is Cc1nc(C2(NC(=O)c3cnc(C(=O)O)cn3)CCCCC2)no1. The lowest BCUT2D eigenvalue weighted by atomic mass is 9.81. The molecule has 0 unspecified atom stereocenters. The maximum atomic E-state index is 12.5. The molecule has 0 bridgehead atoms. The van der Waals surface area contributed by atoms with Crippen molar-refractivity contribution in [1.82, 2.24) is 25.4 Å². The van der Waals surface area contributed by atoms with Gasteiger partial charge in [0.25, 0.3) is 5.91 Å². The number of aromatic carboxylic acids is 1. The monoisotopic (exact) mass is 331 g/mol. The highest BCUT2D eigenvalue weighted by Gasteiger charge is 2.40. The topological polar surface area (TPSA) is 131 Å². The molecule has 1 fully saturated rings. The average molecular weight is 331 g/mol. The molecule has 0 aromatic carbocycles. The number of amides is 1. The summed E-state index contributed by atoms with van der Waals surface area (Å²) >= 11 is 0. The predicted molar refractivity (Wildman–Crippen MR) is 80.3 cm³/mol. The van der Waals surface area contributed by atoms with E-state index in [-0.39, 0.29) is 11.4 Å². The zero-order chi connectivity index (χ0) is 17.2. The number of nitrogens with zero attached hydrogens (tertiary/aromatic N) is 4. The van der Waals surface area contributed by atoms with E-state index < -0.39 is 17.4 Å². The van der Waals surface area contributed by atoms with E-state index in [9.17, 15) is 9.59 Å². The van der Waals surface area contributed by atoms with E-state index in [1.54, 1.807) is 6.92 Å². The highest BCUT2D eigenvalue weighted by molar-refractivity contribution is 5.93. The Morgan fingerprint density at radius 2 is 1.83 bits per heavy atom. The smallest absolute Gasteiger partial charge is 0.356 e. The van der Waals surface area contributed by atoms with Crippen molar-refractivity contribution >= 4 is 11.9 Å². The Morgan fingerprint density at radius 3 is 2.38 bits per heavy atom. The van der Waals surface area contributed by atoms with E-state index in [4.69, 9.17) is 9.63 Å². The molecule has 0 saturated heterocycles. The van der Waals surface area contributed by atoms with Gasteiger partial charge in [0.05, 0.1) is 12.4 Å². The first-order valence-electron chi connectivity index (χ1n) is 7.69. The van der Waals surface area contributed by atoms with Crippen molar-refractivity contribution in [3.8, 4) is 0 Å². The van der Waals surface area contributed by atoms with E-state index in [1.807, 2.05) is 0 Å². The minimum Gasteiger partial charge on any atom is -0.476 e. The Kier molecular flexibility index (Phi) is 4.24. The summed E-state index contributed by atoms with van der Waals surface area (Å²) in [4.78, 5) is 35.2. The Labute approximate surface area is 137 Å². The molecule has 0 aliphatic heterocycles. The summed E-state index contributed by atoms with van der Waals surface area (Å²) in [5.41, 5.74) is -0.863. The van der Waals surface area contributed by atoms with Crippen LogP contribution in [0.5, 0.6) is 0 Å². The second kappa shape index (κ2) is 6.34. The third kappa shape index (κ3) is 3.10. The molecule has 3 rings (SSSR count). The Morgan fingerprint density at radius 1 is 1.17 bits per heavy atom. The van der Waals surface area contributed by atoms with Crippen LogP contribution < -0.4 is 5.32 Å². The fourth-order valence-corrected chi connectivity index (χ4v) is 2.89. The molecule has 1 aliphatic carbocycles. The van der Waals surface area contributed by atoms with Gasteiger partial charge < -0.3 is 14.9 Å². The number of nitrogens with one attached hydrogen (secondary N) is 1. The van der Waals surface area contributed by atoms with Gasteiger partial charge in [0, 0.05) is 6.92 Å². The van der Waals surface area contributed by atoms with Crippen LogP contribution in [0.4, 0.5) is 0 Å². The molecule has 0 spiro atoms. The number of hydrogen-bond donors (Lipinski definition) is 2. The maximum absolute atomic E-state index is 12.5. The molecular formula is C15H17N5O4. The highest BCUT2D eigenvalue weighted by Crippen LogP contribution is 2.35. The van der Waals surface area contributed by atoms with Gasteiger partial charge in [-0.1, -0.05) is 24.4 Å². The summed E-state index contributed by atoms with van der Waals surface area (Å²) < 4.78 is 5.07. The van der Waals surface area contributed by atoms with E-state index in [0.29, 0.717) is 24.6 Å². The number of carbonyl (C=O) groups is 2. The minimum atomic E-state index is -1.19. The minimum absolute atomic E-state index is 0.0464. The van der Waals surface area contributed by atoms with Crippen LogP contribution in [0.25, 0.3) is 0 Å². The van der Waals surface area contributed by atoms with Crippen molar-refractivity contribution in [3.05, 3.63) is 35.5 Å². The Bertz CT molecular complexity index is 749. The number of aryl methyl sites for hydroxylation is 1. The summed E-state index contributed by atoms with van der Waals surface area (Å²) in [6.45, 7) is 1.70. The van der Waals surface area contributed by atoms with Crippen molar-refractivity contribution < 1.29 is 19.2 Å². The van der Waals surface area contributed by atoms with Crippen LogP contribution in [0.1, 0.15) is 64.8 Å². The van der Waals surface area contributed by atoms with Crippen LogP contribution >= 0.6 is 0 Å². The number of aromatic nitrogens is 4. The highest BCUT2D eigenvalue weighted by atomic mass is 16.5. The predicted octanol–water partition coefficient (Wildman–Crippen LogP) is 1.46. The van der Waals surface area contributed by atoms with Crippen molar-refractivity contribution in [2.45, 2.75) is 44.6 Å². The number of hydrogen-bond acceptors (Lipinski definition) is 7. The van der Waals surface area contributed by atoms with E-state index >= 15 is 0 Å². The third-order valence-corrected chi connectivity index (χ3v) is 4.12. The van der Waals surface area contributed by atoms with Gasteiger partial charge in [0.15, 0.2) is 11.5 Å². The average Bonchev–Trinajstić information content (AvgIpc) is 3.03. The van der Waals surface area contributed by atoms with Gasteiger partial charge in [-0.05, 0) is 12.8 Å². The molecule has 0 radical (unpaired) electrons. The molecule has 24 heavy (non-hydrogen) atoms. The Hall–Kier alpha value is -2.84. The molecule has 0 atom stereocenters. The van der Waals surface area contributed by atoms with Gasteiger partial charge in [-0.15, -0.1) is 0 Å². The van der Waals surface area contributed by atoms with Gasteiger partial charge in [0.1, 0.15) is 11.2 Å². The summed E-state index contributed by atoms with van der Waals surface area (Å²) in [6.07, 6.45) is 6.59. The van der Waals surface area contributed by atoms with Crippen molar-refractivity contribution in [1.29, 1.82) is 0 Å². The first kappa shape index (κ1) is 16.0. The van der Waals surface area contributed by atoms with E-state index in [1.165, 1.54) is 0 Å². The van der Waals surface area contributed by atoms with Gasteiger partial charge >= 0.3 is 5.97 Å². The normalized spacial score (nSPS) is 16.5. The Balaban J connectivity index is 1.84. The lowest BCUT2D eigenvalue weighted by Gasteiger charge is -2.35. The van der Waals surface area contributed by atoms with Crippen molar-refractivity contribution in [2.24, 2.45) is 0 Å². The van der Waals surface area contributed by atoms with Crippen LogP contribution in [-0.2, 0) is 5.54 Å². The maximum Gasteiger partial charge on any atom is 0.356 e. The summed E-state index contributed by atoms with van der Waals surface area (Å²) in [5, 5.41) is 15.8. The van der Waals surface area contributed by atoms with Gasteiger partial charge in [-0.2, -0.15) is 4.98 Å². The molecule has 2 aromatic heterocycles. The third-order valence-electron chi connectivity index (χ3n) is 4.12. The number of carboxylic acids is 1. The summed E-state index contributed by atoms with van der Waals surface area (Å²) in [5.74, 6) is -0.734. The molecule has 2 N–H and O–H groups in total. The van der Waals surface area contributed by atoms with Crippen molar-refractivity contribution in [2.75, 3.05) is 0 Å². The van der Waals surface area contributed by atoms with Crippen LogP contribution in [-0.4, -0.2) is 37.1 Å². The molecule has 2 heterocycles. The first-order chi connectivity index (χ1) is 11.5. The number of carboxylic acid groups (broad SMARTS) is 1. The largest absolute Gasteiger partial charge is 0.476 e. The van der Waals surface area contributed by atoms with E-state index in [2.05, 4.69) is 25.4 Å². The molecular weight excluding hydrogens is 314 g/mol.